The molecule has 0 spiro atoms. The fourth-order valence-corrected chi connectivity index (χ4v) is 4.52. The van der Waals surface area contributed by atoms with E-state index in [2.05, 4.69) is 24.8 Å². The first-order valence-corrected chi connectivity index (χ1v) is 9.36. The van der Waals surface area contributed by atoms with E-state index in [1.807, 2.05) is 11.8 Å². The molecule has 0 saturated carbocycles. The van der Waals surface area contributed by atoms with Crippen LogP contribution in [0.25, 0.3) is 0 Å². The third-order valence-corrected chi connectivity index (χ3v) is 5.76. The van der Waals surface area contributed by atoms with Crippen molar-refractivity contribution in [3.63, 3.8) is 0 Å². The number of fused-ring (bicyclic) bond motifs is 1. The fourth-order valence-electron chi connectivity index (χ4n) is 3.12. The molecule has 0 aliphatic carbocycles. The topological polar surface area (TPSA) is 54.8 Å². The van der Waals surface area contributed by atoms with Crippen LogP contribution in [-0.4, -0.2) is 38.8 Å². The van der Waals surface area contributed by atoms with Crippen molar-refractivity contribution < 1.29 is 0 Å². The Morgan fingerprint density at radius 2 is 1.83 bits per heavy atom. The van der Waals surface area contributed by atoms with Gasteiger partial charge in [0.15, 0.2) is 0 Å². The first-order valence-electron chi connectivity index (χ1n) is 7.62. The predicted molar refractivity (Wildman–Crippen MR) is 92.7 cm³/mol. The molecular formula is C15H15Cl2N5S. The van der Waals surface area contributed by atoms with Crippen LogP contribution in [0.3, 0.4) is 0 Å². The summed E-state index contributed by atoms with van der Waals surface area (Å²) in [7, 11) is 0. The quantitative estimate of drug-likeness (QED) is 0.755. The molecule has 2 aliphatic rings. The minimum atomic E-state index is 0.351. The Morgan fingerprint density at radius 1 is 1.09 bits per heavy atom. The SMILES string of the molecule is Clc1cnc(C2CCN(c3nc(Cl)nc4c3SCC4)CC2)nc1. The molecule has 8 heteroatoms. The Hall–Kier alpha value is -1.11. The maximum Gasteiger partial charge on any atom is 0.224 e. The highest BCUT2D eigenvalue weighted by molar-refractivity contribution is 7.99. The number of aryl methyl sites for hydroxylation is 1. The van der Waals surface area contributed by atoms with Crippen molar-refractivity contribution in [2.24, 2.45) is 0 Å². The number of hydrogen-bond acceptors (Lipinski definition) is 6. The molecule has 0 bridgehead atoms. The number of thioether (sulfide) groups is 1. The lowest BCUT2D eigenvalue weighted by atomic mass is 9.96. The zero-order valence-corrected chi connectivity index (χ0v) is 14.7. The molecule has 1 fully saturated rings. The Morgan fingerprint density at radius 3 is 2.57 bits per heavy atom. The van der Waals surface area contributed by atoms with Gasteiger partial charge in [0.2, 0.25) is 5.28 Å². The second-order valence-electron chi connectivity index (χ2n) is 5.71. The van der Waals surface area contributed by atoms with E-state index in [4.69, 9.17) is 23.2 Å². The van der Waals surface area contributed by atoms with Crippen LogP contribution in [0.2, 0.25) is 10.3 Å². The van der Waals surface area contributed by atoms with E-state index in [-0.39, 0.29) is 0 Å². The minimum Gasteiger partial charge on any atom is -0.355 e. The highest BCUT2D eigenvalue weighted by Crippen LogP contribution is 2.39. The monoisotopic (exact) mass is 367 g/mol. The van der Waals surface area contributed by atoms with Crippen LogP contribution in [0.1, 0.15) is 30.3 Å². The first kappa shape index (κ1) is 15.4. The van der Waals surface area contributed by atoms with Gasteiger partial charge in [-0.05, 0) is 24.4 Å². The molecular weight excluding hydrogens is 353 g/mol. The highest BCUT2D eigenvalue weighted by Gasteiger charge is 2.28. The van der Waals surface area contributed by atoms with Crippen LogP contribution in [-0.2, 0) is 6.42 Å². The molecule has 23 heavy (non-hydrogen) atoms. The van der Waals surface area contributed by atoms with Crippen LogP contribution >= 0.6 is 35.0 Å². The Kier molecular flexibility index (Phi) is 4.30. The zero-order chi connectivity index (χ0) is 15.8. The summed E-state index contributed by atoms with van der Waals surface area (Å²) in [6.45, 7) is 1.86. The molecule has 2 aromatic heterocycles. The summed E-state index contributed by atoms with van der Waals surface area (Å²) in [6, 6.07) is 0. The Balaban J connectivity index is 1.51. The van der Waals surface area contributed by atoms with E-state index in [1.54, 1.807) is 12.4 Å². The molecule has 120 valence electrons. The van der Waals surface area contributed by atoms with Crippen molar-refractivity contribution in [2.45, 2.75) is 30.1 Å². The van der Waals surface area contributed by atoms with Gasteiger partial charge in [-0.1, -0.05) is 11.6 Å². The number of piperidine rings is 1. The highest BCUT2D eigenvalue weighted by atomic mass is 35.5. The fraction of sp³-hybridized carbons (Fsp3) is 0.467. The Labute approximate surface area is 148 Å². The molecule has 0 N–H and O–H groups in total. The molecule has 0 radical (unpaired) electrons. The molecule has 5 nitrogen and oxygen atoms in total. The summed E-state index contributed by atoms with van der Waals surface area (Å²) in [5.74, 6) is 3.32. The summed E-state index contributed by atoms with van der Waals surface area (Å²) in [5, 5.41) is 0.929. The summed E-state index contributed by atoms with van der Waals surface area (Å²) >= 11 is 13.8. The van der Waals surface area contributed by atoms with Crippen LogP contribution in [0.4, 0.5) is 5.82 Å². The summed E-state index contributed by atoms with van der Waals surface area (Å²) in [4.78, 5) is 21.1. The molecule has 4 heterocycles. The lowest BCUT2D eigenvalue weighted by molar-refractivity contribution is 0.481. The number of anilines is 1. The first-order chi connectivity index (χ1) is 11.2. The average molecular weight is 368 g/mol. The van der Waals surface area contributed by atoms with Gasteiger partial charge < -0.3 is 4.90 Å². The van der Waals surface area contributed by atoms with Gasteiger partial charge in [0.1, 0.15) is 11.6 Å². The summed E-state index contributed by atoms with van der Waals surface area (Å²) in [6.07, 6.45) is 6.32. The third kappa shape index (κ3) is 3.12. The summed E-state index contributed by atoms with van der Waals surface area (Å²) in [5.41, 5.74) is 1.09. The smallest absolute Gasteiger partial charge is 0.224 e. The van der Waals surface area contributed by atoms with Gasteiger partial charge in [0.25, 0.3) is 0 Å². The summed E-state index contributed by atoms with van der Waals surface area (Å²) < 4.78 is 0. The van der Waals surface area contributed by atoms with Gasteiger partial charge in [0.05, 0.1) is 15.6 Å². The van der Waals surface area contributed by atoms with Crippen LogP contribution in [0, 0.1) is 0 Å². The predicted octanol–water partition coefficient (Wildman–Crippen LogP) is 3.61. The average Bonchev–Trinajstić information content (AvgIpc) is 3.03. The molecule has 0 aromatic carbocycles. The van der Waals surface area contributed by atoms with Crippen molar-refractivity contribution in [1.82, 2.24) is 19.9 Å². The number of halogens is 2. The van der Waals surface area contributed by atoms with Crippen molar-refractivity contribution in [2.75, 3.05) is 23.7 Å². The standard InChI is InChI=1S/C15H15Cl2N5S/c16-10-7-18-13(19-8-10)9-1-4-22(5-2-9)14-12-11(3-6-23-12)20-15(17)21-14/h7-9H,1-6H2. The van der Waals surface area contributed by atoms with Crippen molar-refractivity contribution in [3.8, 4) is 0 Å². The molecule has 2 aliphatic heterocycles. The molecule has 2 aromatic rings. The largest absolute Gasteiger partial charge is 0.355 e. The molecule has 0 amide bonds. The number of hydrogen-bond donors (Lipinski definition) is 0. The van der Waals surface area contributed by atoms with Gasteiger partial charge >= 0.3 is 0 Å². The zero-order valence-electron chi connectivity index (χ0n) is 12.4. The lowest BCUT2D eigenvalue weighted by Gasteiger charge is -2.33. The minimum absolute atomic E-state index is 0.351. The van der Waals surface area contributed by atoms with E-state index < -0.39 is 0 Å². The van der Waals surface area contributed by atoms with Gasteiger partial charge in [-0.25, -0.2) is 15.0 Å². The van der Waals surface area contributed by atoms with Gasteiger partial charge in [-0.3, -0.25) is 0 Å². The number of rotatable bonds is 2. The van der Waals surface area contributed by atoms with Crippen molar-refractivity contribution in [3.05, 3.63) is 34.2 Å². The molecule has 0 atom stereocenters. The number of aromatic nitrogens is 4. The van der Waals surface area contributed by atoms with Crippen LogP contribution in [0.5, 0.6) is 0 Å². The molecule has 1 saturated heterocycles. The van der Waals surface area contributed by atoms with E-state index in [9.17, 15) is 0 Å². The van der Waals surface area contributed by atoms with E-state index in [0.29, 0.717) is 16.2 Å². The van der Waals surface area contributed by atoms with E-state index in [0.717, 1.165) is 55.4 Å². The van der Waals surface area contributed by atoms with Gasteiger partial charge in [-0.15, -0.1) is 11.8 Å². The van der Waals surface area contributed by atoms with Crippen molar-refractivity contribution >= 4 is 40.8 Å². The van der Waals surface area contributed by atoms with Crippen molar-refractivity contribution in [1.29, 1.82) is 0 Å². The Bertz CT molecular complexity index is 717. The maximum absolute atomic E-state index is 6.10. The van der Waals surface area contributed by atoms with Gasteiger partial charge in [-0.2, -0.15) is 4.98 Å². The lowest BCUT2D eigenvalue weighted by Crippen LogP contribution is -2.34. The van der Waals surface area contributed by atoms with Crippen LogP contribution < -0.4 is 4.90 Å². The van der Waals surface area contributed by atoms with Gasteiger partial charge in [0, 0.05) is 43.6 Å². The second-order valence-corrected chi connectivity index (χ2v) is 7.59. The van der Waals surface area contributed by atoms with Crippen LogP contribution in [0.15, 0.2) is 17.3 Å². The third-order valence-electron chi connectivity index (χ3n) is 4.28. The maximum atomic E-state index is 6.10. The second kappa shape index (κ2) is 6.42. The molecule has 4 rings (SSSR count). The number of nitrogens with zero attached hydrogens (tertiary/aromatic N) is 5. The van der Waals surface area contributed by atoms with E-state index >= 15 is 0 Å². The van der Waals surface area contributed by atoms with E-state index in [1.165, 1.54) is 4.90 Å². The normalized spacial score (nSPS) is 18.3. The molecule has 0 unspecified atom stereocenters.